The van der Waals surface area contributed by atoms with Crippen molar-refractivity contribution in [3.05, 3.63) is 0 Å². The number of fused-ring (bicyclic) bond motifs is 1. The molecule has 0 saturated heterocycles. The molecule has 0 heterocycles. The predicted molar refractivity (Wildman–Crippen MR) is 115 cm³/mol. The fourth-order valence-electron chi connectivity index (χ4n) is 9.03. The Bertz CT molecular complexity index is 452. The summed E-state index contributed by atoms with van der Waals surface area (Å²) in [6, 6.07) is 0. The molecule has 0 N–H and O–H groups in total. The highest BCUT2D eigenvalue weighted by Crippen LogP contribution is 2.64. The minimum absolute atomic E-state index is 0.876. The highest BCUT2D eigenvalue weighted by molar-refractivity contribution is 5.06. The van der Waals surface area contributed by atoms with Crippen LogP contribution in [0.15, 0.2) is 0 Å². The maximum Gasteiger partial charge on any atom is -0.0323 e. The number of rotatable bonds is 1. The molecule has 0 spiro atoms. The fourth-order valence-corrected chi connectivity index (χ4v) is 9.03. The van der Waals surface area contributed by atoms with Crippen LogP contribution in [0.2, 0.25) is 0 Å². The van der Waals surface area contributed by atoms with Gasteiger partial charge in [0.25, 0.3) is 0 Å². The Morgan fingerprint density at radius 1 is 0.192 bits per heavy atom. The summed E-state index contributed by atoms with van der Waals surface area (Å²) >= 11 is 0. The standard InChI is InChI=1S/C26H48/c1-12-13(2)17(6)23(18(7)14(12)3)26-21(10)24-19(8)15(4)16(5)20(9)25(24)22(26)11/h12-26H,1-11H3. The van der Waals surface area contributed by atoms with Crippen LogP contribution in [0.3, 0.4) is 0 Å². The molecule has 3 fully saturated rings. The molecule has 0 amide bonds. The second kappa shape index (κ2) is 7.11. The SMILES string of the molecule is CC1C(C)C(C)C(C2C(C)C3C(C)C(C)C(C)C(C)C3C2C)C(C)C1C. The van der Waals surface area contributed by atoms with Crippen LogP contribution < -0.4 is 0 Å². The lowest BCUT2D eigenvalue weighted by atomic mass is 9.54. The second-order valence-corrected chi connectivity index (χ2v) is 11.8. The molecule has 0 nitrogen and oxygen atoms in total. The Morgan fingerprint density at radius 2 is 0.346 bits per heavy atom. The first-order chi connectivity index (χ1) is 12.0. The normalized spacial score (nSPS) is 63.6. The van der Waals surface area contributed by atoms with E-state index in [4.69, 9.17) is 0 Å². The fraction of sp³-hybridized carbons (Fsp3) is 1.00. The van der Waals surface area contributed by atoms with Crippen LogP contribution in [0.25, 0.3) is 0 Å². The van der Waals surface area contributed by atoms with Gasteiger partial charge in [-0.2, -0.15) is 0 Å². The van der Waals surface area contributed by atoms with Crippen molar-refractivity contribution in [2.45, 2.75) is 76.2 Å². The zero-order valence-corrected chi connectivity index (χ0v) is 19.7. The molecule has 0 bridgehead atoms. The summed E-state index contributed by atoms with van der Waals surface area (Å²) in [4.78, 5) is 0. The van der Waals surface area contributed by atoms with Gasteiger partial charge in [-0.3, -0.25) is 0 Å². The van der Waals surface area contributed by atoms with Crippen LogP contribution in [-0.2, 0) is 0 Å². The van der Waals surface area contributed by atoms with Gasteiger partial charge in [-0.25, -0.2) is 0 Å². The van der Waals surface area contributed by atoms with Crippen LogP contribution in [0.1, 0.15) is 76.2 Å². The van der Waals surface area contributed by atoms with E-state index in [1.165, 1.54) is 0 Å². The summed E-state index contributed by atoms with van der Waals surface area (Å²) in [5.74, 6) is 13.6. The summed E-state index contributed by atoms with van der Waals surface area (Å²) in [5.41, 5.74) is 0. The topological polar surface area (TPSA) is 0 Å². The van der Waals surface area contributed by atoms with Crippen LogP contribution in [0.5, 0.6) is 0 Å². The van der Waals surface area contributed by atoms with Gasteiger partial charge >= 0.3 is 0 Å². The largest absolute Gasteiger partial charge is 0.0620 e. The van der Waals surface area contributed by atoms with E-state index in [-0.39, 0.29) is 0 Å². The average Bonchev–Trinajstić information content (AvgIpc) is 2.86. The number of hydrogen-bond donors (Lipinski definition) is 0. The molecule has 0 aromatic carbocycles. The average molecular weight is 361 g/mol. The lowest BCUT2D eigenvalue weighted by molar-refractivity contribution is -0.0335. The van der Waals surface area contributed by atoms with Crippen molar-refractivity contribution in [2.75, 3.05) is 0 Å². The van der Waals surface area contributed by atoms with E-state index in [2.05, 4.69) is 76.2 Å². The minimum atomic E-state index is 0.876. The van der Waals surface area contributed by atoms with Crippen LogP contribution >= 0.6 is 0 Å². The Hall–Kier alpha value is 0. The Labute approximate surface area is 165 Å². The third kappa shape index (κ3) is 2.75. The highest BCUT2D eigenvalue weighted by Gasteiger charge is 2.59. The lowest BCUT2D eigenvalue weighted by Gasteiger charge is -2.51. The van der Waals surface area contributed by atoms with Crippen LogP contribution in [0.4, 0.5) is 0 Å². The van der Waals surface area contributed by atoms with Crippen molar-refractivity contribution in [3.8, 4) is 0 Å². The smallest absolute Gasteiger partial charge is 0.0323 e. The third-order valence-electron chi connectivity index (χ3n) is 11.6. The van der Waals surface area contributed by atoms with E-state index in [0.29, 0.717) is 0 Å². The molecule has 0 aliphatic heterocycles. The van der Waals surface area contributed by atoms with Crippen molar-refractivity contribution in [1.29, 1.82) is 0 Å². The van der Waals surface area contributed by atoms with Crippen LogP contribution in [0, 0.1) is 88.8 Å². The molecule has 26 heavy (non-hydrogen) atoms. The van der Waals surface area contributed by atoms with Crippen LogP contribution in [-0.4, -0.2) is 0 Å². The van der Waals surface area contributed by atoms with Gasteiger partial charge in [-0.1, -0.05) is 76.2 Å². The Balaban J connectivity index is 1.96. The van der Waals surface area contributed by atoms with Gasteiger partial charge in [-0.05, 0) is 88.8 Å². The van der Waals surface area contributed by atoms with Gasteiger partial charge < -0.3 is 0 Å². The van der Waals surface area contributed by atoms with Gasteiger partial charge in [0.15, 0.2) is 0 Å². The van der Waals surface area contributed by atoms with E-state index in [1.54, 1.807) is 0 Å². The maximum absolute atomic E-state index is 2.66. The second-order valence-electron chi connectivity index (χ2n) is 11.8. The van der Waals surface area contributed by atoms with E-state index < -0.39 is 0 Å². The molecule has 152 valence electrons. The molecule has 0 aromatic heterocycles. The van der Waals surface area contributed by atoms with E-state index in [1.807, 2.05) is 0 Å². The molecule has 12 unspecified atom stereocenters. The van der Waals surface area contributed by atoms with Crippen molar-refractivity contribution < 1.29 is 0 Å². The molecule has 0 heteroatoms. The predicted octanol–water partition coefficient (Wildman–Crippen LogP) is 7.49. The maximum atomic E-state index is 2.66. The molecule has 3 saturated carbocycles. The molecular weight excluding hydrogens is 312 g/mol. The van der Waals surface area contributed by atoms with E-state index >= 15 is 0 Å². The Morgan fingerprint density at radius 3 is 0.615 bits per heavy atom. The lowest BCUT2D eigenvalue weighted by Crippen LogP contribution is -2.46. The quantitative estimate of drug-likeness (QED) is 0.454. The van der Waals surface area contributed by atoms with Crippen molar-refractivity contribution >= 4 is 0 Å². The third-order valence-corrected chi connectivity index (χ3v) is 11.6. The minimum Gasteiger partial charge on any atom is -0.0620 e. The summed E-state index contributed by atoms with van der Waals surface area (Å²) in [7, 11) is 0. The summed E-state index contributed by atoms with van der Waals surface area (Å²) < 4.78 is 0. The number of hydrogen-bond acceptors (Lipinski definition) is 0. The molecule has 3 aliphatic rings. The van der Waals surface area contributed by atoms with Crippen molar-refractivity contribution in [1.82, 2.24) is 0 Å². The summed E-state index contributed by atoms with van der Waals surface area (Å²) in [6.45, 7) is 28.4. The van der Waals surface area contributed by atoms with Gasteiger partial charge in [-0.15, -0.1) is 0 Å². The molecule has 0 aromatic rings. The van der Waals surface area contributed by atoms with E-state index in [9.17, 15) is 0 Å². The molecular formula is C26H48. The van der Waals surface area contributed by atoms with Crippen molar-refractivity contribution in [2.24, 2.45) is 88.8 Å². The first-order valence-corrected chi connectivity index (χ1v) is 12.0. The molecule has 12 atom stereocenters. The summed E-state index contributed by atoms with van der Waals surface area (Å²) in [5, 5.41) is 0. The first-order valence-electron chi connectivity index (χ1n) is 12.0. The van der Waals surface area contributed by atoms with Gasteiger partial charge in [0.1, 0.15) is 0 Å². The zero-order chi connectivity index (χ0) is 19.7. The molecule has 0 radical (unpaired) electrons. The van der Waals surface area contributed by atoms with Gasteiger partial charge in [0, 0.05) is 0 Å². The van der Waals surface area contributed by atoms with Crippen molar-refractivity contribution in [3.63, 3.8) is 0 Å². The zero-order valence-electron chi connectivity index (χ0n) is 19.7. The van der Waals surface area contributed by atoms with E-state index in [0.717, 1.165) is 88.8 Å². The Kier molecular flexibility index (Phi) is 5.67. The van der Waals surface area contributed by atoms with Gasteiger partial charge in [0.05, 0.1) is 0 Å². The monoisotopic (exact) mass is 360 g/mol. The van der Waals surface area contributed by atoms with Gasteiger partial charge in [0.2, 0.25) is 0 Å². The summed E-state index contributed by atoms with van der Waals surface area (Å²) in [6.07, 6.45) is 0. The first kappa shape index (κ1) is 20.7. The molecule has 3 rings (SSSR count). The molecule has 3 aliphatic carbocycles. The highest BCUT2D eigenvalue weighted by atomic mass is 14.6.